The molecule has 0 aliphatic heterocycles. The first kappa shape index (κ1) is 20.3. The molecule has 148 valence electrons. The van der Waals surface area contributed by atoms with Crippen LogP contribution in [-0.4, -0.2) is 18.5 Å². The Morgan fingerprint density at radius 2 is 1.89 bits per heavy atom. The molecule has 0 fully saturated rings. The van der Waals surface area contributed by atoms with Crippen LogP contribution in [0.5, 0.6) is 0 Å². The van der Waals surface area contributed by atoms with Crippen LogP contribution in [-0.2, 0) is 22.4 Å². The van der Waals surface area contributed by atoms with Crippen molar-refractivity contribution in [1.29, 1.82) is 0 Å². The SMILES string of the molecule is CCOC(=O)c1c(NC(=O)/C=C\c2ccc(C(C)C)cc2)sc2c1CCCC2. The molecule has 1 aromatic carbocycles. The van der Waals surface area contributed by atoms with Gasteiger partial charge in [0.15, 0.2) is 0 Å². The number of carbonyl (C=O) groups is 2. The van der Waals surface area contributed by atoms with Gasteiger partial charge in [-0.25, -0.2) is 4.79 Å². The second kappa shape index (κ2) is 9.20. The van der Waals surface area contributed by atoms with Gasteiger partial charge in [-0.15, -0.1) is 11.3 Å². The summed E-state index contributed by atoms with van der Waals surface area (Å²) in [7, 11) is 0. The summed E-state index contributed by atoms with van der Waals surface area (Å²) in [5.41, 5.74) is 3.84. The van der Waals surface area contributed by atoms with E-state index in [2.05, 4.69) is 31.3 Å². The lowest BCUT2D eigenvalue weighted by atomic mass is 9.95. The monoisotopic (exact) mass is 397 g/mol. The topological polar surface area (TPSA) is 55.4 Å². The molecular formula is C23H27NO3S. The number of amides is 1. The quantitative estimate of drug-likeness (QED) is 0.511. The maximum Gasteiger partial charge on any atom is 0.341 e. The van der Waals surface area contributed by atoms with Crippen LogP contribution < -0.4 is 5.32 Å². The number of rotatable bonds is 6. The van der Waals surface area contributed by atoms with E-state index in [1.54, 1.807) is 13.0 Å². The van der Waals surface area contributed by atoms with Crippen molar-refractivity contribution in [3.05, 3.63) is 57.5 Å². The molecule has 1 aliphatic rings. The van der Waals surface area contributed by atoms with Crippen LogP contribution in [0.4, 0.5) is 5.00 Å². The number of thiophene rings is 1. The molecule has 1 heterocycles. The summed E-state index contributed by atoms with van der Waals surface area (Å²) >= 11 is 1.50. The Balaban J connectivity index is 1.76. The third kappa shape index (κ3) is 4.71. The molecule has 0 bridgehead atoms. The normalized spacial score (nSPS) is 13.6. The molecule has 28 heavy (non-hydrogen) atoms. The van der Waals surface area contributed by atoms with Gasteiger partial charge < -0.3 is 10.1 Å². The van der Waals surface area contributed by atoms with Gasteiger partial charge in [-0.05, 0) is 61.3 Å². The summed E-state index contributed by atoms with van der Waals surface area (Å²) < 4.78 is 5.23. The molecule has 0 saturated heterocycles. The van der Waals surface area contributed by atoms with E-state index in [0.29, 0.717) is 23.1 Å². The highest BCUT2D eigenvalue weighted by Gasteiger charge is 2.26. The first-order valence-corrected chi connectivity index (χ1v) is 10.7. The fraction of sp³-hybridized carbons (Fsp3) is 0.391. The third-order valence-electron chi connectivity index (χ3n) is 4.92. The Hall–Kier alpha value is -2.40. The summed E-state index contributed by atoms with van der Waals surface area (Å²) in [6, 6.07) is 8.17. The molecule has 1 amide bonds. The highest BCUT2D eigenvalue weighted by molar-refractivity contribution is 7.17. The molecule has 0 saturated carbocycles. The summed E-state index contributed by atoms with van der Waals surface area (Å²) in [4.78, 5) is 26.1. The minimum atomic E-state index is -0.342. The van der Waals surface area contributed by atoms with Crippen LogP contribution in [0.15, 0.2) is 30.3 Å². The van der Waals surface area contributed by atoms with E-state index in [4.69, 9.17) is 4.74 Å². The molecule has 0 spiro atoms. The Bertz CT molecular complexity index is 878. The van der Waals surface area contributed by atoms with Gasteiger partial charge in [0.2, 0.25) is 5.91 Å². The lowest BCUT2D eigenvalue weighted by Gasteiger charge is -2.12. The van der Waals surface area contributed by atoms with Gasteiger partial charge in [0.25, 0.3) is 0 Å². The average Bonchev–Trinajstić information content (AvgIpc) is 3.04. The number of hydrogen-bond donors (Lipinski definition) is 1. The van der Waals surface area contributed by atoms with Crippen LogP contribution in [0, 0.1) is 0 Å². The van der Waals surface area contributed by atoms with Crippen molar-refractivity contribution in [2.24, 2.45) is 0 Å². The maximum atomic E-state index is 12.5. The Morgan fingerprint density at radius 1 is 1.18 bits per heavy atom. The highest BCUT2D eigenvalue weighted by Crippen LogP contribution is 2.38. The largest absolute Gasteiger partial charge is 0.462 e. The van der Waals surface area contributed by atoms with E-state index < -0.39 is 0 Å². The number of benzene rings is 1. The minimum absolute atomic E-state index is 0.239. The summed E-state index contributed by atoms with van der Waals surface area (Å²) in [6.45, 7) is 6.42. The van der Waals surface area contributed by atoms with Gasteiger partial charge in [-0.2, -0.15) is 0 Å². The van der Waals surface area contributed by atoms with Crippen LogP contribution in [0.1, 0.15) is 71.5 Å². The van der Waals surface area contributed by atoms with Gasteiger partial charge in [0.1, 0.15) is 5.00 Å². The minimum Gasteiger partial charge on any atom is -0.462 e. The van der Waals surface area contributed by atoms with E-state index in [9.17, 15) is 9.59 Å². The Kier molecular flexibility index (Phi) is 6.68. The van der Waals surface area contributed by atoms with Crippen molar-refractivity contribution >= 4 is 34.3 Å². The average molecular weight is 398 g/mol. The van der Waals surface area contributed by atoms with Crippen LogP contribution >= 0.6 is 11.3 Å². The molecule has 0 atom stereocenters. The number of nitrogens with one attached hydrogen (secondary N) is 1. The summed E-state index contributed by atoms with van der Waals surface area (Å²) in [6.07, 6.45) is 7.31. The first-order valence-electron chi connectivity index (χ1n) is 9.90. The predicted octanol–water partition coefficient (Wildman–Crippen LogP) is 5.58. The zero-order valence-corrected chi connectivity index (χ0v) is 17.5. The standard InChI is InChI=1S/C23H27NO3S/c1-4-27-23(26)21-18-7-5-6-8-19(18)28-22(21)24-20(25)14-11-16-9-12-17(13-10-16)15(2)3/h9-15H,4-8H2,1-3H3,(H,24,25)/b14-11-. The zero-order valence-electron chi connectivity index (χ0n) is 16.7. The van der Waals surface area contributed by atoms with Crippen LogP contribution in [0.3, 0.4) is 0 Å². The van der Waals surface area contributed by atoms with E-state index >= 15 is 0 Å². The van der Waals surface area contributed by atoms with Gasteiger partial charge in [-0.1, -0.05) is 38.1 Å². The lowest BCUT2D eigenvalue weighted by molar-refractivity contribution is -0.111. The molecule has 0 radical (unpaired) electrons. The van der Waals surface area contributed by atoms with Crippen LogP contribution in [0.25, 0.3) is 6.08 Å². The van der Waals surface area contributed by atoms with Crippen molar-refractivity contribution in [3.8, 4) is 0 Å². The van der Waals surface area contributed by atoms with E-state index in [1.165, 1.54) is 27.9 Å². The number of ether oxygens (including phenoxy) is 1. The van der Waals surface area contributed by atoms with E-state index in [0.717, 1.165) is 36.8 Å². The molecular weight excluding hydrogens is 370 g/mol. The molecule has 1 N–H and O–H groups in total. The third-order valence-corrected chi connectivity index (χ3v) is 6.13. The van der Waals surface area contributed by atoms with Gasteiger partial charge in [0.05, 0.1) is 12.2 Å². The number of aryl methyl sites for hydroxylation is 1. The second-order valence-electron chi connectivity index (χ2n) is 7.28. The zero-order chi connectivity index (χ0) is 20.1. The number of hydrogen-bond acceptors (Lipinski definition) is 4. The second-order valence-corrected chi connectivity index (χ2v) is 8.38. The Morgan fingerprint density at radius 3 is 2.57 bits per heavy atom. The van der Waals surface area contributed by atoms with E-state index in [-0.39, 0.29) is 11.9 Å². The molecule has 4 nitrogen and oxygen atoms in total. The molecule has 0 unspecified atom stereocenters. The smallest absolute Gasteiger partial charge is 0.341 e. The van der Waals surface area contributed by atoms with E-state index in [1.807, 2.05) is 12.1 Å². The maximum absolute atomic E-state index is 12.5. The number of anilines is 1. The fourth-order valence-electron chi connectivity index (χ4n) is 3.39. The summed E-state index contributed by atoms with van der Waals surface area (Å²) in [5.74, 6) is -0.102. The van der Waals surface area contributed by atoms with Gasteiger partial charge in [0, 0.05) is 11.0 Å². The number of esters is 1. The number of fused-ring (bicyclic) bond motifs is 1. The summed E-state index contributed by atoms with van der Waals surface area (Å²) in [5, 5.41) is 3.51. The molecule has 1 aromatic heterocycles. The lowest BCUT2D eigenvalue weighted by Crippen LogP contribution is -2.14. The predicted molar refractivity (Wildman–Crippen MR) is 115 cm³/mol. The van der Waals surface area contributed by atoms with Gasteiger partial charge >= 0.3 is 5.97 Å². The van der Waals surface area contributed by atoms with Crippen molar-refractivity contribution in [3.63, 3.8) is 0 Å². The van der Waals surface area contributed by atoms with Crippen molar-refractivity contribution in [1.82, 2.24) is 0 Å². The van der Waals surface area contributed by atoms with Crippen molar-refractivity contribution in [2.75, 3.05) is 11.9 Å². The highest BCUT2D eigenvalue weighted by atomic mass is 32.1. The fourth-order valence-corrected chi connectivity index (χ4v) is 4.67. The van der Waals surface area contributed by atoms with Crippen molar-refractivity contribution in [2.45, 2.75) is 52.4 Å². The number of carbonyl (C=O) groups excluding carboxylic acids is 2. The molecule has 3 rings (SSSR count). The van der Waals surface area contributed by atoms with Gasteiger partial charge in [-0.3, -0.25) is 4.79 Å². The molecule has 5 heteroatoms. The van der Waals surface area contributed by atoms with Crippen molar-refractivity contribution < 1.29 is 14.3 Å². The molecule has 1 aliphatic carbocycles. The molecule has 2 aromatic rings. The van der Waals surface area contributed by atoms with Crippen LogP contribution in [0.2, 0.25) is 0 Å². The Labute approximate surface area is 170 Å². The first-order chi connectivity index (χ1) is 13.5.